The lowest BCUT2D eigenvalue weighted by atomic mass is 10.0. The lowest BCUT2D eigenvalue weighted by Gasteiger charge is -2.24. The van der Waals surface area contributed by atoms with Crippen molar-refractivity contribution in [1.82, 2.24) is 4.90 Å². The van der Waals surface area contributed by atoms with Gasteiger partial charge in [0.2, 0.25) is 0 Å². The van der Waals surface area contributed by atoms with Crippen LogP contribution in [0.15, 0.2) is 19.6 Å². The van der Waals surface area contributed by atoms with Crippen LogP contribution in [0.5, 0.6) is 0 Å². The first-order valence-corrected chi connectivity index (χ1v) is 7.02. The van der Waals surface area contributed by atoms with Crippen LogP contribution in [0.2, 0.25) is 0 Å². The van der Waals surface area contributed by atoms with E-state index in [0.717, 1.165) is 10.2 Å². The van der Waals surface area contributed by atoms with Gasteiger partial charge < -0.3 is 14.3 Å². The van der Waals surface area contributed by atoms with Crippen LogP contribution < -0.4 is 0 Å². The van der Waals surface area contributed by atoms with Gasteiger partial charge in [0.15, 0.2) is 4.67 Å². The van der Waals surface area contributed by atoms with E-state index in [4.69, 9.17) is 14.3 Å². The first kappa shape index (κ1) is 14.0. The number of likely N-dealkylation sites (N-methyl/N-ethyl adjacent to an activating group) is 1. The Morgan fingerprint density at radius 1 is 1.56 bits per heavy atom. The SMILES string of the molecule is CN(Cc1cc(Br)c(Br)o1)C1COCC1C(=O)O. The highest BCUT2D eigenvalue weighted by Crippen LogP contribution is 2.28. The van der Waals surface area contributed by atoms with Gasteiger partial charge in [0.1, 0.15) is 5.76 Å². The predicted molar refractivity (Wildman–Crippen MR) is 71.3 cm³/mol. The second-order valence-corrected chi connectivity index (χ2v) is 5.87. The maximum Gasteiger partial charge on any atom is 0.310 e. The smallest absolute Gasteiger partial charge is 0.310 e. The van der Waals surface area contributed by atoms with Gasteiger partial charge in [0, 0.05) is 6.04 Å². The molecule has 2 unspecified atom stereocenters. The van der Waals surface area contributed by atoms with Gasteiger partial charge in [0.05, 0.1) is 30.1 Å². The minimum absolute atomic E-state index is 0.120. The molecule has 2 heterocycles. The summed E-state index contributed by atoms with van der Waals surface area (Å²) in [6.07, 6.45) is 0. The monoisotopic (exact) mass is 381 g/mol. The fourth-order valence-corrected chi connectivity index (χ4v) is 2.70. The van der Waals surface area contributed by atoms with Crippen molar-refractivity contribution < 1.29 is 19.1 Å². The Morgan fingerprint density at radius 3 is 2.83 bits per heavy atom. The normalized spacial score (nSPS) is 23.8. The zero-order valence-corrected chi connectivity index (χ0v) is 12.9. The number of carboxylic acid groups (broad SMARTS) is 1. The quantitative estimate of drug-likeness (QED) is 0.865. The molecule has 0 aliphatic carbocycles. The van der Waals surface area contributed by atoms with Crippen LogP contribution in [0.1, 0.15) is 5.76 Å². The molecule has 2 atom stereocenters. The van der Waals surface area contributed by atoms with Gasteiger partial charge in [-0.2, -0.15) is 0 Å². The van der Waals surface area contributed by atoms with E-state index in [-0.39, 0.29) is 12.6 Å². The van der Waals surface area contributed by atoms with Crippen LogP contribution in [-0.4, -0.2) is 42.3 Å². The summed E-state index contributed by atoms with van der Waals surface area (Å²) in [5.41, 5.74) is 0. The number of carboxylic acids is 1. The summed E-state index contributed by atoms with van der Waals surface area (Å²) in [7, 11) is 1.87. The summed E-state index contributed by atoms with van der Waals surface area (Å²) >= 11 is 6.62. The second kappa shape index (κ2) is 5.73. The van der Waals surface area contributed by atoms with Crippen molar-refractivity contribution in [2.45, 2.75) is 12.6 Å². The average molecular weight is 383 g/mol. The van der Waals surface area contributed by atoms with Gasteiger partial charge in [-0.15, -0.1) is 0 Å². The highest BCUT2D eigenvalue weighted by molar-refractivity contribution is 9.13. The van der Waals surface area contributed by atoms with Crippen molar-refractivity contribution in [3.63, 3.8) is 0 Å². The van der Waals surface area contributed by atoms with E-state index < -0.39 is 11.9 Å². The zero-order valence-electron chi connectivity index (χ0n) is 9.73. The summed E-state index contributed by atoms with van der Waals surface area (Å²) in [6, 6.07) is 1.75. The fourth-order valence-electron chi connectivity index (χ4n) is 2.05. The third-order valence-electron chi connectivity index (χ3n) is 3.04. The number of ether oxygens (including phenoxy) is 1. The highest BCUT2D eigenvalue weighted by atomic mass is 79.9. The Labute approximate surface area is 121 Å². The molecule has 0 spiro atoms. The minimum Gasteiger partial charge on any atom is -0.481 e. The van der Waals surface area contributed by atoms with E-state index in [0.29, 0.717) is 17.8 Å². The Hall–Kier alpha value is -0.370. The van der Waals surface area contributed by atoms with Crippen molar-refractivity contribution in [1.29, 1.82) is 0 Å². The van der Waals surface area contributed by atoms with Gasteiger partial charge in [-0.3, -0.25) is 9.69 Å². The van der Waals surface area contributed by atoms with Crippen LogP contribution >= 0.6 is 31.9 Å². The predicted octanol–water partition coefficient (Wildman–Crippen LogP) is 2.34. The van der Waals surface area contributed by atoms with Crippen molar-refractivity contribution in [3.8, 4) is 0 Å². The molecular formula is C11H13Br2NO4. The van der Waals surface area contributed by atoms with E-state index in [1.54, 1.807) is 0 Å². The molecule has 1 aliphatic heterocycles. The molecule has 0 saturated carbocycles. The standard InChI is InChI=1S/C11H13Br2NO4/c1-14(3-6-2-8(12)10(13)18-6)9-5-17-4-7(9)11(15)16/h2,7,9H,3-5H2,1H3,(H,15,16). The Bertz CT molecular complexity index is 429. The molecule has 1 aromatic heterocycles. The number of nitrogens with zero attached hydrogens (tertiary/aromatic N) is 1. The number of hydrogen-bond donors (Lipinski definition) is 1. The lowest BCUT2D eigenvalue weighted by Crippen LogP contribution is -2.40. The third-order valence-corrected chi connectivity index (χ3v) is 4.75. The summed E-state index contributed by atoms with van der Waals surface area (Å²) < 4.78 is 12.2. The Kier molecular flexibility index (Phi) is 4.47. The topological polar surface area (TPSA) is 62.9 Å². The number of halogens is 2. The molecule has 0 radical (unpaired) electrons. The van der Waals surface area contributed by atoms with Gasteiger partial charge in [-0.1, -0.05) is 0 Å². The van der Waals surface area contributed by atoms with E-state index in [2.05, 4.69) is 31.9 Å². The number of furan rings is 1. The molecule has 1 N–H and O–H groups in total. The van der Waals surface area contributed by atoms with Gasteiger partial charge >= 0.3 is 5.97 Å². The first-order chi connectivity index (χ1) is 8.49. The first-order valence-electron chi connectivity index (χ1n) is 5.43. The van der Waals surface area contributed by atoms with Gasteiger partial charge in [0.25, 0.3) is 0 Å². The molecule has 1 aliphatic rings. The summed E-state index contributed by atoms with van der Waals surface area (Å²) in [6.45, 7) is 1.26. The summed E-state index contributed by atoms with van der Waals surface area (Å²) in [5, 5.41) is 9.10. The molecule has 7 heteroatoms. The Morgan fingerprint density at radius 2 is 2.28 bits per heavy atom. The zero-order chi connectivity index (χ0) is 13.3. The molecule has 100 valence electrons. The largest absolute Gasteiger partial charge is 0.481 e. The van der Waals surface area contributed by atoms with Crippen LogP contribution in [0, 0.1) is 5.92 Å². The maximum absolute atomic E-state index is 11.1. The molecular weight excluding hydrogens is 370 g/mol. The minimum atomic E-state index is -0.814. The Balaban J connectivity index is 2.03. The molecule has 1 saturated heterocycles. The number of carbonyl (C=O) groups is 1. The molecule has 18 heavy (non-hydrogen) atoms. The molecule has 5 nitrogen and oxygen atoms in total. The van der Waals surface area contributed by atoms with Crippen molar-refractivity contribution in [2.75, 3.05) is 20.3 Å². The van der Waals surface area contributed by atoms with Gasteiger partial charge in [-0.25, -0.2) is 0 Å². The lowest BCUT2D eigenvalue weighted by molar-refractivity contribution is -0.143. The summed E-state index contributed by atoms with van der Waals surface area (Å²) in [5.74, 6) is -0.518. The summed E-state index contributed by atoms with van der Waals surface area (Å²) in [4.78, 5) is 13.0. The van der Waals surface area contributed by atoms with E-state index in [9.17, 15) is 4.79 Å². The van der Waals surface area contributed by atoms with Crippen LogP contribution in [0.25, 0.3) is 0 Å². The van der Waals surface area contributed by atoms with Gasteiger partial charge in [-0.05, 0) is 45.0 Å². The van der Waals surface area contributed by atoms with E-state index in [1.165, 1.54) is 0 Å². The molecule has 2 rings (SSSR count). The van der Waals surface area contributed by atoms with Crippen molar-refractivity contribution >= 4 is 37.8 Å². The van der Waals surface area contributed by atoms with Crippen LogP contribution in [-0.2, 0) is 16.1 Å². The maximum atomic E-state index is 11.1. The molecule has 1 fully saturated rings. The van der Waals surface area contributed by atoms with E-state index in [1.807, 2.05) is 18.0 Å². The average Bonchev–Trinajstić information content (AvgIpc) is 2.86. The van der Waals surface area contributed by atoms with Crippen LogP contribution in [0.4, 0.5) is 0 Å². The molecule has 0 amide bonds. The number of hydrogen-bond acceptors (Lipinski definition) is 4. The highest BCUT2D eigenvalue weighted by Gasteiger charge is 2.36. The number of rotatable bonds is 4. The van der Waals surface area contributed by atoms with Crippen molar-refractivity contribution in [3.05, 3.63) is 21.0 Å². The molecule has 0 aromatic carbocycles. The fraction of sp³-hybridized carbons (Fsp3) is 0.545. The number of aliphatic carboxylic acids is 1. The molecule has 0 bridgehead atoms. The van der Waals surface area contributed by atoms with Crippen molar-refractivity contribution in [2.24, 2.45) is 5.92 Å². The second-order valence-electron chi connectivity index (χ2n) is 4.30. The van der Waals surface area contributed by atoms with E-state index >= 15 is 0 Å². The third kappa shape index (κ3) is 2.96. The van der Waals surface area contributed by atoms with Crippen LogP contribution in [0.3, 0.4) is 0 Å². The molecule has 1 aromatic rings.